The molecule has 8 rings (SSSR count). The molecule has 0 radical (unpaired) electrons. The molecule has 0 bridgehead atoms. The summed E-state index contributed by atoms with van der Waals surface area (Å²) in [5.74, 6) is -1.82. The number of aliphatic carboxylic acids is 1. The lowest BCUT2D eigenvalue weighted by Crippen LogP contribution is -2.46. The van der Waals surface area contributed by atoms with Crippen molar-refractivity contribution in [3.63, 3.8) is 0 Å². The molecule has 24 heteroatoms. The number of fused-ring (bicyclic) bond motifs is 2. The van der Waals surface area contributed by atoms with E-state index in [0.29, 0.717) is 67.0 Å². The summed E-state index contributed by atoms with van der Waals surface area (Å²) >= 11 is 0. The molecule has 0 aliphatic carbocycles. The van der Waals surface area contributed by atoms with Gasteiger partial charge >= 0.3 is 18.2 Å². The number of amides is 3. The molecule has 0 spiro atoms. The molecule has 2 saturated heterocycles. The number of hydrogen-bond donors (Lipinski definition) is 3. The fourth-order valence-electron chi connectivity index (χ4n) is 7.75. The number of carboxylic acids is 1. The quantitative estimate of drug-likeness (QED) is 0.134. The summed E-state index contributed by atoms with van der Waals surface area (Å²) in [7, 11) is -7.49. The van der Waals surface area contributed by atoms with Crippen molar-refractivity contribution in [1.29, 1.82) is 0 Å². The molecule has 2 aromatic carbocycles. The Morgan fingerprint density at radius 1 is 0.662 bits per heavy atom. The van der Waals surface area contributed by atoms with Crippen molar-refractivity contribution in [1.82, 2.24) is 43.0 Å². The third-order valence-electron chi connectivity index (χ3n) is 11.5. The number of likely N-dealkylation sites (tertiary alicyclic amines) is 2. The van der Waals surface area contributed by atoms with Gasteiger partial charge in [0, 0.05) is 45.1 Å². The van der Waals surface area contributed by atoms with Crippen molar-refractivity contribution in [3.8, 4) is 0 Å². The van der Waals surface area contributed by atoms with Gasteiger partial charge in [-0.15, -0.1) is 12.4 Å². The third-order valence-corrected chi connectivity index (χ3v) is 14.8. The van der Waals surface area contributed by atoms with Crippen LogP contribution in [0.25, 0.3) is 22.3 Å². The third kappa shape index (κ3) is 15.0. The monoisotopic (exact) mass is 1080 g/mol. The minimum atomic E-state index is -3.81. The molecule has 2 aliphatic rings. The first kappa shape index (κ1) is 58.2. The Balaban J connectivity index is 0.000000226. The second-order valence-electron chi connectivity index (χ2n) is 19.8. The first-order valence-electron chi connectivity index (χ1n) is 23.7. The van der Waals surface area contributed by atoms with E-state index < -0.39 is 55.3 Å². The second kappa shape index (κ2) is 24.1. The number of nitrogens with two attached hydrogens (primary N) is 1. The van der Waals surface area contributed by atoms with Crippen LogP contribution in [-0.2, 0) is 52.2 Å². The lowest BCUT2D eigenvalue weighted by atomic mass is 9.97. The van der Waals surface area contributed by atoms with E-state index in [-0.39, 0.29) is 59.3 Å². The highest BCUT2D eigenvalue weighted by molar-refractivity contribution is 7.90. The highest BCUT2D eigenvalue weighted by Crippen LogP contribution is 2.24. The largest absolute Gasteiger partial charge is 0.481 e. The molecule has 6 aromatic rings. The Morgan fingerprint density at radius 3 is 1.49 bits per heavy atom. The lowest BCUT2D eigenvalue weighted by Gasteiger charge is -2.33. The fraction of sp³-hybridized carbons (Fsp3) is 0.440. The summed E-state index contributed by atoms with van der Waals surface area (Å²) in [6, 6.07) is 16.5. The zero-order valence-corrected chi connectivity index (χ0v) is 45.2. The number of nitrogens with zero attached hydrogens (tertiary/aromatic N) is 8. The SMILES string of the molecule is CC(C)(C)OC(=O)N1CCC[C@@H](C(=O)O)C1.Cc1ccc(S(=O)(=O)n2ccc3nc(CN)cnc32)cc1.Cc1ccc(S(=O)(=O)n2ccc3nc(CNC(=O)[C@@H]4CCCN(C(=O)OC(C)(C)C)C4)cnc32)cc1.Cl. The van der Waals surface area contributed by atoms with Gasteiger partial charge in [-0.25, -0.2) is 54.3 Å². The Hall–Kier alpha value is -6.69. The van der Waals surface area contributed by atoms with Crippen LogP contribution in [0.5, 0.6) is 0 Å². The zero-order valence-electron chi connectivity index (χ0n) is 42.7. The molecule has 2 atom stereocenters. The number of aromatic nitrogens is 6. The van der Waals surface area contributed by atoms with Crippen LogP contribution in [-0.4, -0.2) is 121 Å². The van der Waals surface area contributed by atoms with E-state index in [2.05, 4.69) is 25.3 Å². The van der Waals surface area contributed by atoms with E-state index >= 15 is 0 Å². The number of halogens is 1. The van der Waals surface area contributed by atoms with Crippen LogP contribution in [0.1, 0.15) is 89.7 Å². The molecule has 2 fully saturated rings. The van der Waals surface area contributed by atoms with Gasteiger partial charge in [-0.05, 0) is 117 Å². The number of benzene rings is 2. The number of rotatable bonds is 9. The van der Waals surface area contributed by atoms with Crippen molar-refractivity contribution in [3.05, 3.63) is 108 Å². The normalized spacial score (nSPS) is 16.2. The highest BCUT2D eigenvalue weighted by Gasteiger charge is 2.32. The van der Waals surface area contributed by atoms with E-state index in [4.69, 9.17) is 20.3 Å². The maximum Gasteiger partial charge on any atom is 0.410 e. The van der Waals surface area contributed by atoms with E-state index in [1.54, 1.807) is 86.3 Å². The molecular weight excluding hydrogens is 1020 g/mol. The van der Waals surface area contributed by atoms with Gasteiger partial charge in [-0.3, -0.25) is 9.59 Å². The number of carbonyl (C=O) groups is 4. The van der Waals surface area contributed by atoms with Gasteiger partial charge in [0.1, 0.15) is 22.2 Å². The highest BCUT2D eigenvalue weighted by atomic mass is 35.5. The summed E-state index contributed by atoms with van der Waals surface area (Å²) in [6.45, 7) is 16.7. The number of aryl methyl sites for hydroxylation is 2. The zero-order chi connectivity index (χ0) is 53.5. The van der Waals surface area contributed by atoms with Crippen molar-refractivity contribution >= 4 is 78.8 Å². The molecule has 0 unspecified atom stereocenters. The smallest absolute Gasteiger partial charge is 0.410 e. The average molecular weight is 1080 g/mol. The Kier molecular flexibility index (Phi) is 19.0. The van der Waals surface area contributed by atoms with Gasteiger partial charge in [0.15, 0.2) is 11.3 Å². The molecule has 2 aliphatic heterocycles. The maximum atomic E-state index is 13.0. The predicted molar refractivity (Wildman–Crippen MR) is 278 cm³/mol. The molecular formula is C50H65ClN10O11S2. The van der Waals surface area contributed by atoms with Gasteiger partial charge in [0.2, 0.25) is 5.91 Å². The minimum Gasteiger partial charge on any atom is -0.481 e. The number of carboxylic acid groups (broad SMARTS) is 1. The van der Waals surface area contributed by atoms with Crippen LogP contribution in [0.3, 0.4) is 0 Å². The van der Waals surface area contributed by atoms with Crippen molar-refractivity contribution in [2.45, 2.75) is 115 Å². The van der Waals surface area contributed by atoms with E-state index in [0.717, 1.165) is 25.5 Å². The number of carbonyl (C=O) groups excluding carboxylic acids is 3. The van der Waals surface area contributed by atoms with Crippen LogP contribution in [0.4, 0.5) is 9.59 Å². The molecule has 0 saturated carbocycles. The molecule has 4 aromatic heterocycles. The van der Waals surface area contributed by atoms with E-state index in [1.807, 2.05) is 34.6 Å². The Bertz CT molecular complexity index is 3170. The molecule has 400 valence electrons. The number of nitrogens with one attached hydrogen (secondary N) is 1. The maximum absolute atomic E-state index is 13.0. The van der Waals surface area contributed by atoms with Crippen LogP contribution in [0.2, 0.25) is 0 Å². The van der Waals surface area contributed by atoms with Gasteiger partial charge < -0.3 is 35.4 Å². The molecule has 21 nitrogen and oxygen atoms in total. The van der Waals surface area contributed by atoms with E-state index in [1.165, 1.54) is 29.7 Å². The number of piperidine rings is 2. The predicted octanol–water partition coefficient (Wildman–Crippen LogP) is 6.82. The molecule has 74 heavy (non-hydrogen) atoms. The van der Waals surface area contributed by atoms with Crippen LogP contribution >= 0.6 is 12.4 Å². The minimum absolute atomic E-state index is 0. The van der Waals surface area contributed by atoms with Gasteiger partial charge in [0.05, 0.1) is 52.0 Å². The Morgan fingerprint density at radius 2 is 1.07 bits per heavy atom. The second-order valence-corrected chi connectivity index (χ2v) is 23.4. The number of hydrogen-bond acceptors (Lipinski definition) is 15. The van der Waals surface area contributed by atoms with Crippen LogP contribution in [0.15, 0.2) is 95.2 Å². The fourth-order valence-corrected chi connectivity index (χ4v) is 10.3. The van der Waals surface area contributed by atoms with Crippen LogP contribution in [0, 0.1) is 25.7 Å². The summed E-state index contributed by atoms with van der Waals surface area (Å²) in [5.41, 5.74) is 8.89. The average Bonchev–Trinajstić information content (AvgIpc) is 3.98. The number of ether oxygens (including phenoxy) is 2. The summed E-state index contributed by atoms with van der Waals surface area (Å²) in [5, 5.41) is 11.8. The molecule has 4 N–H and O–H groups in total. The summed E-state index contributed by atoms with van der Waals surface area (Å²) in [6.07, 6.45) is 7.74. The summed E-state index contributed by atoms with van der Waals surface area (Å²) < 4.78 is 64.3. The topological polar surface area (TPSA) is 281 Å². The van der Waals surface area contributed by atoms with Crippen molar-refractivity contribution in [2.24, 2.45) is 17.6 Å². The van der Waals surface area contributed by atoms with Crippen LogP contribution < -0.4 is 11.1 Å². The van der Waals surface area contributed by atoms with E-state index in [9.17, 15) is 36.0 Å². The lowest BCUT2D eigenvalue weighted by molar-refractivity contribution is -0.143. The first-order chi connectivity index (χ1) is 34.2. The van der Waals surface area contributed by atoms with Gasteiger partial charge in [0.25, 0.3) is 20.0 Å². The first-order valence-corrected chi connectivity index (χ1v) is 26.6. The summed E-state index contributed by atoms with van der Waals surface area (Å²) in [4.78, 5) is 68.3. The Labute approximate surface area is 437 Å². The standard InChI is InChI=1S/C25H31N5O5S.C14H14N4O2S.C11H19NO4.ClH/c1-17-7-9-20(10-8-17)36(33,34)30-13-11-21-22(30)26-14-19(28-21)15-27-23(31)18-6-5-12-29(16-18)24(32)35-25(2,3)4;1-10-2-4-12(5-3-10)21(19,20)18-7-6-13-14(18)16-9-11(8-15)17-13;1-11(2,3)16-10(15)12-6-4-5-8(7-12)9(13)14;/h7-11,13-14,18H,5-6,12,15-16H2,1-4H3,(H,27,31);2-7,9H,8,15H2,1H3;8H,4-7H2,1-3H3,(H,13,14);1H/t18-;;8-;/m1.1./s1. The van der Waals surface area contributed by atoms with Crippen molar-refractivity contribution < 1.29 is 50.6 Å². The van der Waals surface area contributed by atoms with Gasteiger partial charge in [-0.2, -0.15) is 0 Å². The molecule has 3 amide bonds. The molecule has 6 heterocycles. The van der Waals surface area contributed by atoms with Gasteiger partial charge in [-0.1, -0.05) is 35.4 Å². The van der Waals surface area contributed by atoms with Crippen molar-refractivity contribution in [2.75, 3.05) is 26.2 Å².